The average Bonchev–Trinajstić information content (AvgIpc) is 2.85. The Morgan fingerprint density at radius 1 is 1.24 bits per heavy atom. The van der Waals surface area contributed by atoms with E-state index < -0.39 is 0 Å². The van der Waals surface area contributed by atoms with Gasteiger partial charge in [0.05, 0.1) is 12.3 Å². The van der Waals surface area contributed by atoms with Crippen molar-refractivity contribution in [2.75, 3.05) is 5.32 Å². The molecule has 1 aromatic carbocycles. The van der Waals surface area contributed by atoms with Crippen molar-refractivity contribution in [3.8, 4) is 0 Å². The van der Waals surface area contributed by atoms with Crippen LogP contribution in [0.5, 0.6) is 0 Å². The largest absolute Gasteiger partial charge is 0.392 e. The van der Waals surface area contributed by atoms with Gasteiger partial charge < -0.3 is 10.4 Å². The van der Waals surface area contributed by atoms with Crippen LogP contribution in [-0.4, -0.2) is 10.1 Å². The molecule has 0 saturated carbocycles. The van der Waals surface area contributed by atoms with Crippen LogP contribution in [-0.2, 0) is 19.6 Å². The number of thiazole rings is 1. The van der Waals surface area contributed by atoms with Crippen LogP contribution in [0.25, 0.3) is 0 Å². The Kier molecular flexibility index (Phi) is 4.12. The molecular formula is C13H16N2OS. The van der Waals surface area contributed by atoms with E-state index in [9.17, 15) is 0 Å². The van der Waals surface area contributed by atoms with Crippen molar-refractivity contribution in [1.82, 2.24) is 4.98 Å². The zero-order valence-electron chi connectivity index (χ0n) is 9.81. The summed E-state index contributed by atoms with van der Waals surface area (Å²) in [5.41, 5.74) is 3.26. The Balaban J connectivity index is 1.92. The molecule has 90 valence electrons. The minimum Gasteiger partial charge on any atom is -0.392 e. The van der Waals surface area contributed by atoms with Gasteiger partial charge in [-0.25, -0.2) is 4.98 Å². The smallest absolute Gasteiger partial charge is 0.183 e. The standard InChI is InChI=1S/C13H16N2OS/c1-2-12-9-17-13(15-12)14-7-10-3-5-11(8-16)6-4-10/h3-6,9,16H,2,7-8H2,1H3,(H,14,15). The molecule has 0 aliphatic rings. The van der Waals surface area contributed by atoms with E-state index in [0.29, 0.717) is 0 Å². The maximum absolute atomic E-state index is 8.94. The quantitative estimate of drug-likeness (QED) is 0.855. The third kappa shape index (κ3) is 3.28. The van der Waals surface area contributed by atoms with Crippen LogP contribution >= 0.6 is 11.3 Å². The molecule has 0 atom stereocenters. The SMILES string of the molecule is CCc1csc(NCc2ccc(CO)cc2)n1. The Morgan fingerprint density at radius 3 is 2.53 bits per heavy atom. The number of rotatable bonds is 5. The molecule has 0 aliphatic carbocycles. The van der Waals surface area contributed by atoms with Crippen molar-refractivity contribution in [2.45, 2.75) is 26.5 Å². The Labute approximate surface area is 105 Å². The average molecular weight is 248 g/mol. The van der Waals surface area contributed by atoms with E-state index in [4.69, 9.17) is 5.11 Å². The highest BCUT2D eigenvalue weighted by Crippen LogP contribution is 2.16. The minimum atomic E-state index is 0.0973. The summed E-state index contributed by atoms with van der Waals surface area (Å²) in [6, 6.07) is 7.92. The van der Waals surface area contributed by atoms with Gasteiger partial charge in [0.25, 0.3) is 0 Å². The molecule has 2 N–H and O–H groups in total. The maximum atomic E-state index is 8.94. The van der Waals surface area contributed by atoms with Gasteiger partial charge >= 0.3 is 0 Å². The lowest BCUT2D eigenvalue weighted by molar-refractivity contribution is 0.282. The predicted octanol–water partition coefficient (Wildman–Crippen LogP) is 2.81. The fourth-order valence-corrected chi connectivity index (χ4v) is 2.28. The molecule has 0 saturated heterocycles. The van der Waals surface area contributed by atoms with Gasteiger partial charge in [-0.15, -0.1) is 11.3 Å². The summed E-state index contributed by atoms with van der Waals surface area (Å²) in [5, 5.41) is 15.3. The molecule has 0 amide bonds. The summed E-state index contributed by atoms with van der Waals surface area (Å²) in [4.78, 5) is 4.44. The van der Waals surface area contributed by atoms with E-state index >= 15 is 0 Å². The zero-order chi connectivity index (χ0) is 12.1. The van der Waals surface area contributed by atoms with Gasteiger partial charge in [-0.3, -0.25) is 0 Å². The normalized spacial score (nSPS) is 10.5. The topological polar surface area (TPSA) is 45.1 Å². The second-order valence-electron chi connectivity index (χ2n) is 3.83. The predicted molar refractivity (Wildman–Crippen MR) is 71.2 cm³/mol. The fourth-order valence-electron chi connectivity index (χ4n) is 1.49. The van der Waals surface area contributed by atoms with Crippen LogP contribution in [0.2, 0.25) is 0 Å². The van der Waals surface area contributed by atoms with Crippen molar-refractivity contribution >= 4 is 16.5 Å². The first-order chi connectivity index (χ1) is 8.31. The van der Waals surface area contributed by atoms with Crippen molar-refractivity contribution in [3.05, 3.63) is 46.5 Å². The van der Waals surface area contributed by atoms with Crippen LogP contribution in [0.15, 0.2) is 29.6 Å². The summed E-state index contributed by atoms with van der Waals surface area (Å²) in [7, 11) is 0. The second kappa shape index (κ2) is 5.80. The number of nitrogens with zero attached hydrogens (tertiary/aromatic N) is 1. The number of aryl methyl sites for hydroxylation is 1. The van der Waals surface area contributed by atoms with Crippen molar-refractivity contribution in [2.24, 2.45) is 0 Å². The summed E-state index contributed by atoms with van der Waals surface area (Å²) in [5.74, 6) is 0. The number of hydrogen-bond donors (Lipinski definition) is 2. The number of nitrogens with one attached hydrogen (secondary N) is 1. The molecule has 0 fully saturated rings. The highest BCUT2D eigenvalue weighted by atomic mass is 32.1. The lowest BCUT2D eigenvalue weighted by atomic mass is 10.1. The number of hydrogen-bond acceptors (Lipinski definition) is 4. The van der Waals surface area contributed by atoms with E-state index in [1.165, 1.54) is 5.56 Å². The van der Waals surface area contributed by atoms with Gasteiger partial charge in [-0.05, 0) is 17.5 Å². The van der Waals surface area contributed by atoms with Crippen molar-refractivity contribution in [3.63, 3.8) is 0 Å². The van der Waals surface area contributed by atoms with Gasteiger partial charge in [0.2, 0.25) is 0 Å². The highest BCUT2D eigenvalue weighted by molar-refractivity contribution is 7.13. The van der Waals surface area contributed by atoms with Gasteiger partial charge in [-0.1, -0.05) is 31.2 Å². The first-order valence-electron chi connectivity index (χ1n) is 5.68. The molecule has 1 aromatic heterocycles. The molecule has 0 unspecified atom stereocenters. The second-order valence-corrected chi connectivity index (χ2v) is 4.68. The molecule has 0 bridgehead atoms. The van der Waals surface area contributed by atoms with Gasteiger partial charge in [0.1, 0.15) is 0 Å². The monoisotopic (exact) mass is 248 g/mol. The minimum absolute atomic E-state index is 0.0973. The summed E-state index contributed by atoms with van der Waals surface area (Å²) < 4.78 is 0. The number of aromatic nitrogens is 1. The van der Waals surface area contributed by atoms with Crippen LogP contribution in [0.3, 0.4) is 0 Å². The molecule has 17 heavy (non-hydrogen) atoms. The first kappa shape index (κ1) is 12.1. The van der Waals surface area contributed by atoms with Gasteiger partial charge in [0.15, 0.2) is 5.13 Å². The summed E-state index contributed by atoms with van der Waals surface area (Å²) in [6.07, 6.45) is 0.976. The van der Waals surface area contributed by atoms with Crippen LogP contribution in [0.1, 0.15) is 23.7 Å². The van der Waals surface area contributed by atoms with E-state index in [-0.39, 0.29) is 6.61 Å². The number of aliphatic hydroxyl groups is 1. The van der Waals surface area contributed by atoms with E-state index in [0.717, 1.165) is 29.4 Å². The molecule has 3 nitrogen and oxygen atoms in total. The van der Waals surface area contributed by atoms with Gasteiger partial charge in [0, 0.05) is 11.9 Å². The van der Waals surface area contributed by atoms with E-state index in [1.54, 1.807) is 11.3 Å². The van der Waals surface area contributed by atoms with Crippen LogP contribution < -0.4 is 5.32 Å². The Morgan fingerprint density at radius 2 is 1.94 bits per heavy atom. The molecule has 1 heterocycles. The first-order valence-corrected chi connectivity index (χ1v) is 6.56. The van der Waals surface area contributed by atoms with E-state index in [1.807, 2.05) is 24.3 Å². The molecule has 0 spiro atoms. The van der Waals surface area contributed by atoms with Crippen molar-refractivity contribution < 1.29 is 5.11 Å². The molecule has 0 aliphatic heterocycles. The molecule has 2 rings (SSSR count). The van der Waals surface area contributed by atoms with Crippen molar-refractivity contribution in [1.29, 1.82) is 0 Å². The zero-order valence-corrected chi connectivity index (χ0v) is 10.6. The number of benzene rings is 1. The third-order valence-electron chi connectivity index (χ3n) is 2.56. The van der Waals surface area contributed by atoms with Crippen LogP contribution in [0, 0.1) is 0 Å². The van der Waals surface area contributed by atoms with Crippen LogP contribution in [0.4, 0.5) is 5.13 Å². The fraction of sp³-hybridized carbons (Fsp3) is 0.308. The third-order valence-corrected chi connectivity index (χ3v) is 3.41. The molecular weight excluding hydrogens is 232 g/mol. The lowest BCUT2D eigenvalue weighted by Crippen LogP contribution is -1.99. The lowest BCUT2D eigenvalue weighted by Gasteiger charge is -2.03. The Bertz CT molecular complexity index is 465. The molecule has 0 radical (unpaired) electrons. The summed E-state index contributed by atoms with van der Waals surface area (Å²) in [6.45, 7) is 2.97. The Hall–Kier alpha value is -1.39. The molecule has 4 heteroatoms. The molecule has 2 aromatic rings. The maximum Gasteiger partial charge on any atom is 0.183 e. The van der Waals surface area contributed by atoms with E-state index in [2.05, 4.69) is 22.6 Å². The number of anilines is 1. The summed E-state index contributed by atoms with van der Waals surface area (Å²) >= 11 is 1.64. The number of aliphatic hydroxyl groups excluding tert-OH is 1. The highest BCUT2D eigenvalue weighted by Gasteiger charge is 2.00. The van der Waals surface area contributed by atoms with Gasteiger partial charge in [-0.2, -0.15) is 0 Å².